The summed E-state index contributed by atoms with van der Waals surface area (Å²) in [5.74, 6) is 1.60. The minimum atomic E-state index is -0.183. The third-order valence-corrected chi connectivity index (χ3v) is 3.75. The van der Waals surface area contributed by atoms with Crippen LogP contribution in [-0.2, 0) is 6.42 Å². The van der Waals surface area contributed by atoms with Crippen LogP contribution in [0.25, 0.3) is 10.8 Å². The van der Waals surface area contributed by atoms with E-state index in [1.54, 1.807) is 7.11 Å². The average Bonchev–Trinajstić information content (AvgIpc) is 2.40. The van der Waals surface area contributed by atoms with E-state index in [0.29, 0.717) is 5.75 Å². The second-order valence-electron chi connectivity index (χ2n) is 5.60. The predicted molar refractivity (Wildman–Crippen MR) is 75.2 cm³/mol. The molecule has 0 saturated carbocycles. The molecular formula is C16H18O3. The number of aromatic hydroxyl groups is 1. The van der Waals surface area contributed by atoms with Gasteiger partial charge in [0.25, 0.3) is 0 Å². The molecule has 0 atom stereocenters. The van der Waals surface area contributed by atoms with Gasteiger partial charge in [0.1, 0.15) is 11.4 Å². The minimum absolute atomic E-state index is 0.183. The van der Waals surface area contributed by atoms with Crippen molar-refractivity contribution in [1.82, 2.24) is 0 Å². The first-order chi connectivity index (χ1) is 9.03. The summed E-state index contributed by atoms with van der Waals surface area (Å²) in [5, 5.41) is 12.1. The Labute approximate surface area is 112 Å². The van der Waals surface area contributed by atoms with Gasteiger partial charge in [-0.05, 0) is 26.7 Å². The van der Waals surface area contributed by atoms with Crippen molar-refractivity contribution in [3.8, 4) is 17.2 Å². The number of phenols is 1. The van der Waals surface area contributed by atoms with E-state index in [4.69, 9.17) is 9.47 Å². The molecule has 19 heavy (non-hydrogen) atoms. The molecule has 0 amide bonds. The SMILES string of the molecule is COc1c2c(c3ccccc3c1O)OC(C)(C)CC2. The average molecular weight is 258 g/mol. The smallest absolute Gasteiger partial charge is 0.168 e. The van der Waals surface area contributed by atoms with Crippen LogP contribution in [0.1, 0.15) is 25.8 Å². The van der Waals surface area contributed by atoms with E-state index in [9.17, 15) is 5.11 Å². The van der Waals surface area contributed by atoms with Crippen molar-refractivity contribution >= 4 is 10.8 Å². The Kier molecular flexibility index (Phi) is 2.59. The van der Waals surface area contributed by atoms with Crippen LogP contribution < -0.4 is 9.47 Å². The lowest BCUT2D eigenvalue weighted by Crippen LogP contribution is -2.32. The fraction of sp³-hybridized carbons (Fsp3) is 0.375. The number of benzene rings is 2. The molecule has 0 aliphatic carbocycles. The Morgan fingerprint density at radius 1 is 1.21 bits per heavy atom. The molecule has 3 rings (SSSR count). The summed E-state index contributed by atoms with van der Waals surface area (Å²) in [6, 6.07) is 7.73. The standard InChI is InChI=1S/C16H18O3/c1-16(2)9-8-12-14(19-16)11-7-5-4-6-10(11)13(17)15(12)18-3/h4-7,17H,8-9H2,1-3H3. The zero-order chi connectivity index (χ0) is 13.6. The molecule has 0 saturated heterocycles. The highest BCUT2D eigenvalue weighted by Crippen LogP contribution is 2.49. The Bertz CT molecular complexity index is 644. The fourth-order valence-corrected chi connectivity index (χ4v) is 2.74. The highest BCUT2D eigenvalue weighted by atomic mass is 16.5. The Balaban J connectivity index is 2.37. The van der Waals surface area contributed by atoms with E-state index in [0.717, 1.165) is 34.9 Å². The molecule has 0 radical (unpaired) electrons. The van der Waals surface area contributed by atoms with Crippen molar-refractivity contribution in [1.29, 1.82) is 0 Å². The van der Waals surface area contributed by atoms with Gasteiger partial charge in [-0.1, -0.05) is 24.3 Å². The minimum Gasteiger partial charge on any atom is -0.504 e. The van der Waals surface area contributed by atoms with Crippen molar-refractivity contribution in [3.05, 3.63) is 29.8 Å². The van der Waals surface area contributed by atoms with Crippen molar-refractivity contribution in [3.63, 3.8) is 0 Å². The van der Waals surface area contributed by atoms with Gasteiger partial charge in [-0.15, -0.1) is 0 Å². The molecule has 0 spiro atoms. The van der Waals surface area contributed by atoms with Gasteiger partial charge >= 0.3 is 0 Å². The van der Waals surface area contributed by atoms with Gasteiger partial charge in [0.05, 0.1) is 7.11 Å². The molecule has 0 fully saturated rings. The van der Waals surface area contributed by atoms with Crippen LogP contribution in [0.3, 0.4) is 0 Å². The summed E-state index contributed by atoms with van der Waals surface area (Å²) < 4.78 is 11.5. The lowest BCUT2D eigenvalue weighted by atomic mass is 9.91. The molecule has 0 aromatic heterocycles. The lowest BCUT2D eigenvalue weighted by molar-refractivity contribution is 0.0856. The number of ether oxygens (including phenoxy) is 2. The second-order valence-corrected chi connectivity index (χ2v) is 5.60. The summed E-state index contributed by atoms with van der Waals surface area (Å²) in [5.41, 5.74) is 0.788. The number of hydrogen-bond donors (Lipinski definition) is 1. The monoisotopic (exact) mass is 258 g/mol. The maximum Gasteiger partial charge on any atom is 0.168 e. The number of fused-ring (bicyclic) bond motifs is 3. The molecule has 1 aliphatic heterocycles. The third-order valence-electron chi connectivity index (χ3n) is 3.75. The Hall–Kier alpha value is -1.90. The molecule has 3 nitrogen and oxygen atoms in total. The summed E-state index contributed by atoms with van der Waals surface area (Å²) in [6.07, 6.45) is 1.76. The molecule has 0 bridgehead atoms. The van der Waals surface area contributed by atoms with Crippen LogP contribution in [0.5, 0.6) is 17.2 Å². The normalized spacial score (nSPS) is 16.8. The molecule has 1 N–H and O–H groups in total. The van der Waals surface area contributed by atoms with Gasteiger partial charge in [0, 0.05) is 16.3 Å². The summed E-state index contributed by atoms with van der Waals surface area (Å²) in [4.78, 5) is 0. The topological polar surface area (TPSA) is 38.7 Å². The molecular weight excluding hydrogens is 240 g/mol. The second kappa shape index (κ2) is 4.05. The largest absolute Gasteiger partial charge is 0.504 e. The number of rotatable bonds is 1. The van der Waals surface area contributed by atoms with Crippen molar-refractivity contribution < 1.29 is 14.6 Å². The van der Waals surface area contributed by atoms with Gasteiger partial charge in [-0.25, -0.2) is 0 Å². The molecule has 0 unspecified atom stereocenters. The van der Waals surface area contributed by atoms with Crippen LogP contribution in [0.4, 0.5) is 0 Å². The van der Waals surface area contributed by atoms with E-state index in [2.05, 4.69) is 13.8 Å². The van der Waals surface area contributed by atoms with E-state index in [-0.39, 0.29) is 11.4 Å². The van der Waals surface area contributed by atoms with E-state index in [1.165, 1.54) is 0 Å². The van der Waals surface area contributed by atoms with Gasteiger partial charge < -0.3 is 14.6 Å². The molecule has 2 aromatic carbocycles. The maximum atomic E-state index is 10.4. The molecule has 3 heteroatoms. The first-order valence-corrected chi connectivity index (χ1v) is 6.53. The van der Waals surface area contributed by atoms with Crippen molar-refractivity contribution in [2.24, 2.45) is 0 Å². The number of phenolic OH excluding ortho intramolecular Hbond substituents is 1. The van der Waals surface area contributed by atoms with Crippen LogP contribution in [0.2, 0.25) is 0 Å². The van der Waals surface area contributed by atoms with Gasteiger partial charge in [0.2, 0.25) is 0 Å². The van der Waals surface area contributed by atoms with Crippen LogP contribution >= 0.6 is 0 Å². The van der Waals surface area contributed by atoms with Crippen molar-refractivity contribution in [2.75, 3.05) is 7.11 Å². The third kappa shape index (κ3) is 1.81. The summed E-state index contributed by atoms with van der Waals surface area (Å²) >= 11 is 0. The molecule has 100 valence electrons. The van der Waals surface area contributed by atoms with Crippen LogP contribution in [-0.4, -0.2) is 17.8 Å². The fourth-order valence-electron chi connectivity index (χ4n) is 2.74. The van der Waals surface area contributed by atoms with Crippen LogP contribution in [0.15, 0.2) is 24.3 Å². The first-order valence-electron chi connectivity index (χ1n) is 6.53. The highest BCUT2D eigenvalue weighted by Gasteiger charge is 2.31. The van der Waals surface area contributed by atoms with Gasteiger partial charge in [-0.2, -0.15) is 0 Å². The number of methoxy groups -OCH3 is 1. The summed E-state index contributed by atoms with van der Waals surface area (Å²) in [6.45, 7) is 4.17. The van der Waals surface area contributed by atoms with E-state index < -0.39 is 0 Å². The van der Waals surface area contributed by atoms with E-state index in [1.807, 2.05) is 24.3 Å². The van der Waals surface area contributed by atoms with Crippen LogP contribution in [0, 0.1) is 0 Å². The lowest BCUT2D eigenvalue weighted by Gasteiger charge is -2.34. The zero-order valence-electron chi connectivity index (χ0n) is 11.5. The van der Waals surface area contributed by atoms with Gasteiger partial charge in [0.15, 0.2) is 11.5 Å². The summed E-state index contributed by atoms with van der Waals surface area (Å²) in [7, 11) is 1.59. The van der Waals surface area contributed by atoms with E-state index >= 15 is 0 Å². The molecule has 1 aliphatic rings. The predicted octanol–water partition coefficient (Wildman–Crippen LogP) is 3.66. The quantitative estimate of drug-likeness (QED) is 0.848. The molecule has 2 aromatic rings. The first kappa shape index (κ1) is 12.2. The zero-order valence-corrected chi connectivity index (χ0v) is 11.5. The molecule has 1 heterocycles. The number of hydrogen-bond acceptors (Lipinski definition) is 3. The Morgan fingerprint density at radius 3 is 2.58 bits per heavy atom. The highest BCUT2D eigenvalue weighted by molar-refractivity contribution is 5.97. The maximum absolute atomic E-state index is 10.4. The van der Waals surface area contributed by atoms with Gasteiger partial charge in [-0.3, -0.25) is 0 Å². The Morgan fingerprint density at radius 2 is 1.89 bits per heavy atom. The van der Waals surface area contributed by atoms with Crippen molar-refractivity contribution in [2.45, 2.75) is 32.3 Å².